The van der Waals surface area contributed by atoms with E-state index in [4.69, 9.17) is 5.73 Å². The second-order valence-electron chi connectivity index (χ2n) is 7.22. The maximum atomic E-state index is 12.7. The molecule has 0 aliphatic carbocycles. The summed E-state index contributed by atoms with van der Waals surface area (Å²) >= 11 is 0. The highest BCUT2D eigenvalue weighted by Crippen LogP contribution is 2.25. The first kappa shape index (κ1) is 19.5. The van der Waals surface area contributed by atoms with E-state index in [2.05, 4.69) is 10.3 Å². The molecule has 7 heteroatoms. The Labute approximate surface area is 163 Å². The van der Waals surface area contributed by atoms with Gasteiger partial charge in [0.1, 0.15) is 0 Å². The number of carbonyl (C=O) groups excluding carboxylic acids is 3. The number of aromatic nitrogens is 1. The summed E-state index contributed by atoms with van der Waals surface area (Å²) in [5.41, 5.74) is 9.11. The van der Waals surface area contributed by atoms with Gasteiger partial charge in [0.25, 0.3) is 11.8 Å². The smallest absolute Gasteiger partial charge is 0.251 e. The molecule has 1 fully saturated rings. The van der Waals surface area contributed by atoms with E-state index >= 15 is 0 Å². The second-order valence-corrected chi connectivity index (χ2v) is 7.22. The van der Waals surface area contributed by atoms with Crippen LogP contribution in [-0.2, 0) is 4.79 Å². The van der Waals surface area contributed by atoms with Crippen molar-refractivity contribution in [3.05, 3.63) is 52.7 Å². The van der Waals surface area contributed by atoms with Gasteiger partial charge in [0.05, 0.1) is 11.3 Å². The Morgan fingerprint density at radius 1 is 1.25 bits per heavy atom. The molecule has 0 bridgehead atoms. The number of amides is 3. The van der Waals surface area contributed by atoms with E-state index < -0.39 is 5.91 Å². The molecule has 1 unspecified atom stereocenters. The summed E-state index contributed by atoms with van der Waals surface area (Å²) in [6, 6.07) is 8.61. The van der Waals surface area contributed by atoms with Gasteiger partial charge in [-0.3, -0.25) is 19.4 Å². The van der Waals surface area contributed by atoms with Crippen LogP contribution in [0.3, 0.4) is 0 Å². The highest BCUT2D eigenvalue weighted by molar-refractivity contribution is 6.00. The van der Waals surface area contributed by atoms with Gasteiger partial charge in [0.15, 0.2) is 0 Å². The predicted molar refractivity (Wildman–Crippen MR) is 106 cm³/mol. The Bertz CT molecular complexity index is 955. The first-order valence-electron chi connectivity index (χ1n) is 9.19. The third-order valence-corrected chi connectivity index (χ3v) is 5.09. The molecule has 146 valence electrons. The fraction of sp³-hybridized carbons (Fsp3) is 0.333. The molecule has 2 aromatic rings. The van der Waals surface area contributed by atoms with Gasteiger partial charge in [-0.25, -0.2) is 0 Å². The molecule has 1 atom stereocenters. The average molecular weight is 380 g/mol. The molecule has 0 saturated carbocycles. The van der Waals surface area contributed by atoms with E-state index in [-0.39, 0.29) is 17.9 Å². The maximum absolute atomic E-state index is 12.7. The van der Waals surface area contributed by atoms with Gasteiger partial charge in [0.2, 0.25) is 5.91 Å². The molecule has 7 nitrogen and oxygen atoms in total. The van der Waals surface area contributed by atoms with Crippen molar-refractivity contribution in [1.29, 1.82) is 0 Å². The zero-order valence-corrected chi connectivity index (χ0v) is 16.3. The Hall–Kier alpha value is -3.22. The minimum absolute atomic E-state index is 0.0835. The van der Waals surface area contributed by atoms with E-state index in [9.17, 15) is 14.4 Å². The summed E-state index contributed by atoms with van der Waals surface area (Å²) < 4.78 is 0. The molecule has 3 N–H and O–H groups in total. The molecule has 1 aromatic carbocycles. The summed E-state index contributed by atoms with van der Waals surface area (Å²) in [4.78, 5) is 42.3. The van der Waals surface area contributed by atoms with Crippen molar-refractivity contribution in [3.63, 3.8) is 0 Å². The molecule has 1 aliphatic rings. The lowest BCUT2D eigenvalue weighted by Crippen LogP contribution is -2.48. The topological polar surface area (TPSA) is 105 Å². The van der Waals surface area contributed by atoms with Crippen LogP contribution in [0.4, 0.5) is 0 Å². The van der Waals surface area contributed by atoms with Crippen molar-refractivity contribution in [2.45, 2.75) is 32.7 Å². The number of nitrogens with zero attached hydrogens (tertiary/aromatic N) is 2. The van der Waals surface area contributed by atoms with Gasteiger partial charge in [-0.1, -0.05) is 12.1 Å². The lowest BCUT2D eigenvalue weighted by molar-refractivity contribution is -0.132. The van der Waals surface area contributed by atoms with Crippen LogP contribution in [0.1, 0.15) is 44.8 Å². The number of aryl methyl sites for hydroxylation is 2. The SMILES string of the molecule is Cc1cc(C(N)=O)c(-c2cccc(C(=O)NC3CCC(=O)N(C)C3)c2)nc1C. The Balaban J connectivity index is 1.87. The Morgan fingerprint density at radius 2 is 2.00 bits per heavy atom. The molecule has 0 spiro atoms. The molecule has 2 heterocycles. The number of benzene rings is 1. The third kappa shape index (κ3) is 4.03. The minimum atomic E-state index is -0.560. The third-order valence-electron chi connectivity index (χ3n) is 5.09. The highest BCUT2D eigenvalue weighted by Gasteiger charge is 2.24. The van der Waals surface area contributed by atoms with E-state index in [1.165, 1.54) is 0 Å². The molecule has 1 aliphatic heterocycles. The van der Waals surface area contributed by atoms with Crippen molar-refractivity contribution in [2.24, 2.45) is 5.73 Å². The zero-order chi connectivity index (χ0) is 20.4. The van der Waals surface area contributed by atoms with Crippen LogP contribution in [0, 0.1) is 13.8 Å². The molecule has 1 saturated heterocycles. The van der Waals surface area contributed by atoms with Crippen molar-refractivity contribution < 1.29 is 14.4 Å². The number of pyridine rings is 1. The summed E-state index contributed by atoms with van der Waals surface area (Å²) in [6.45, 7) is 4.23. The summed E-state index contributed by atoms with van der Waals surface area (Å²) in [6.07, 6.45) is 1.05. The highest BCUT2D eigenvalue weighted by atomic mass is 16.2. The normalized spacial score (nSPS) is 16.8. The number of piperidine rings is 1. The Kier molecular flexibility index (Phi) is 5.44. The molecular weight excluding hydrogens is 356 g/mol. The number of hydrogen-bond donors (Lipinski definition) is 2. The first-order valence-corrected chi connectivity index (χ1v) is 9.19. The number of carbonyl (C=O) groups is 3. The number of likely N-dealkylation sites (tertiary alicyclic amines) is 1. The molecule has 1 aromatic heterocycles. The van der Waals surface area contributed by atoms with Crippen molar-refractivity contribution in [1.82, 2.24) is 15.2 Å². The van der Waals surface area contributed by atoms with Crippen molar-refractivity contribution in [2.75, 3.05) is 13.6 Å². The van der Waals surface area contributed by atoms with Gasteiger partial charge in [0, 0.05) is 42.9 Å². The monoisotopic (exact) mass is 380 g/mol. The van der Waals surface area contributed by atoms with E-state index in [1.54, 1.807) is 42.3 Å². The van der Waals surface area contributed by atoms with E-state index in [0.717, 1.165) is 11.3 Å². The van der Waals surface area contributed by atoms with Crippen LogP contribution in [0.5, 0.6) is 0 Å². The van der Waals surface area contributed by atoms with Crippen LogP contribution >= 0.6 is 0 Å². The number of likely N-dealkylation sites (N-methyl/N-ethyl adjacent to an activating group) is 1. The molecular formula is C21H24N4O3. The minimum Gasteiger partial charge on any atom is -0.366 e. The first-order chi connectivity index (χ1) is 13.3. The van der Waals surface area contributed by atoms with Crippen molar-refractivity contribution >= 4 is 17.7 Å². The van der Waals surface area contributed by atoms with E-state index in [0.29, 0.717) is 41.8 Å². The quantitative estimate of drug-likeness (QED) is 0.844. The molecule has 0 radical (unpaired) electrons. The fourth-order valence-corrected chi connectivity index (χ4v) is 3.32. The number of primary amides is 1. The van der Waals surface area contributed by atoms with Crippen LogP contribution < -0.4 is 11.1 Å². The lowest BCUT2D eigenvalue weighted by Gasteiger charge is -2.30. The van der Waals surface area contributed by atoms with E-state index in [1.807, 2.05) is 13.8 Å². The number of rotatable bonds is 4. The zero-order valence-electron chi connectivity index (χ0n) is 16.3. The standard InChI is InChI=1S/C21H24N4O3/c1-12-9-17(20(22)27)19(23-13(12)2)14-5-4-6-15(10-14)21(28)24-16-7-8-18(26)25(3)11-16/h4-6,9-10,16H,7-8,11H2,1-3H3,(H2,22,27)(H,24,28). The average Bonchev–Trinajstić information content (AvgIpc) is 2.66. The summed E-state index contributed by atoms with van der Waals surface area (Å²) in [7, 11) is 1.73. The number of hydrogen-bond acceptors (Lipinski definition) is 4. The lowest BCUT2D eigenvalue weighted by atomic mass is 10.00. The number of nitrogens with one attached hydrogen (secondary N) is 1. The maximum Gasteiger partial charge on any atom is 0.251 e. The molecule has 28 heavy (non-hydrogen) atoms. The fourth-order valence-electron chi connectivity index (χ4n) is 3.32. The second kappa shape index (κ2) is 7.80. The van der Waals surface area contributed by atoms with Gasteiger partial charge in [-0.2, -0.15) is 0 Å². The van der Waals surface area contributed by atoms with Crippen LogP contribution in [0.25, 0.3) is 11.3 Å². The Morgan fingerprint density at radius 3 is 2.68 bits per heavy atom. The van der Waals surface area contributed by atoms with Crippen LogP contribution in [0.2, 0.25) is 0 Å². The van der Waals surface area contributed by atoms with Gasteiger partial charge < -0.3 is 16.0 Å². The predicted octanol–water partition coefficient (Wildman–Crippen LogP) is 1.81. The van der Waals surface area contributed by atoms with Crippen LogP contribution in [-0.4, -0.2) is 47.2 Å². The van der Waals surface area contributed by atoms with Crippen molar-refractivity contribution in [3.8, 4) is 11.3 Å². The van der Waals surface area contributed by atoms with Crippen LogP contribution in [0.15, 0.2) is 30.3 Å². The molecule has 3 rings (SSSR count). The summed E-state index contributed by atoms with van der Waals surface area (Å²) in [5, 5.41) is 2.98. The van der Waals surface area contributed by atoms with Gasteiger partial charge >= 0.3 is 0 Å². The van der Waals surface area contributed by atoms with Gasteiger partial charge in [-0.05, 0) is 44.0 Å². The molecule has 3 amide bonds. The summed E-state index contributed by atoms with van der Waals surface area (Å²) in [5.74, 6) is -0.693. The largest absolute Gasteiger partial charge is 0.366 e. The number of nitrogens with two attached hydrogens (primary N) is 1. The van der Waals surface area contributed by atoms with Gasteiger partial charge in [-0.15, -0.1) is 0 Å².